The van der Waals surface area contributed by atoms with Gasteiger partial charge in [-0.2, -0.15) is 0 Å². The largest absolute Gasteiger partial charge is 0.490 e. The van der Waals surface area contributed by atoms with Gasteiger partial charge in [0.2, 0.25) is 5.91 Å². The third kappa shape index (κ3) is 7.69. The van der Waals surface area contributed by atoms with Crippen LogP contribution in [0.1, 0.15) is 0 Å². The number of hydrogen-bond acceptors (Lipinski definition) is 5. The maximum absolute atomic E-state index is 11.7. The van der Waals surface area contributed by atoms with Crippen molar-refractivity contribution in [3.05, 3.63) is 54.6 Å². The van der Waals surface area contributed by atoms with Crippen molar-refractivity contribution in [3.8, 4) is 11.5 Å². The minimum absolute atomic E-state index is 0.0963. The highest BCUT2D eigenvalue weighted by atomic mass is 16.5. The van der Waals surface area contributed by atoms with Crippen LogP contribution in [-0.2, 0) is 9.53 Å². The number of anilines is 1. The molecule has 2 rings (SSSR count). The SMILES string of the molecule is COCCNCC(=O)Nc1ccc(OCCOc2ccccc2)cc1. The fourth-order valence-corrected chi connectivity index (χ4v) is 2.05. The van der Waals surface area contributed by atoms with E-state index in [1.54, 1.807) is 19.2 Å². The standard InChI is InChI=1S/C19H24N2O4/c1-23-12-11-20-15-19(22)21-16-7-9-18(10-8-16)25-14-13-24-17-5-3-2-4-6-17/h2-10,20H,11-15H2,1H3,(H,21,22). The summed E-state index contributed by atoms with van der Waals surface area (Å²) in [7, 11) is 1.62. The van der Waals surface area contributed by atoms with Gasteiger partial charge in [0.1, 0.15) is 24.7 Å². The van der Waals surface area contributed by atoms with Gasteiger partial charge in [-0.3, -0.25) is 4.79 Å². The molecule has 0 unspecified atom stereocenters. The van der Waals surface area contributed by atoms with Crippen LogP contribution in [0.5, 0.6) is 11.5 Å². The molecular formula is C19H24N2O4. The van der Waals surface area contributed by atoms with Crippen molar-refractivity contribution >= 4 is 11.6 Å². The molecule has 0 aliphatic rings. The molecule has 0 atom stereocenters. The van der Waals surface area contributed by atoms with Crippen LogP contribution in [0.25, 0.3) is 0 Å². The van der Waals surface area contributed by atoms with Crippen LogP contribution in [-0.4, -0.2) is 45.9 Å². The molecule has 0 heterocycles. The van der Waals surface area contributed by atoms with Gasteiger partial charge in [0.05, 0.1) is 13.2 Å². The second kappa shape index (κ2) is 11.1. The number of nitrogens with one attached hydrogen (secondary N) is 2. The van der Waals surface area contributed by atoms with Gasteiger partial charge in [-0.1, -0.05) is 18.2 Å². The number of amides is 1. The van der Waals surface area contributed by atoms with Crippen LogP contribution in [0, 0.1) is 0 Å². The molecule has 2 aromatic rings. The Morgan fingerprint density at radius 3 is 2.16 bits per heavy atom. The lowest BCUT2D eigenvalue weighted by molar-refractivity contribution is -0.115. The molecule has 0 bridgehead atoms. The van der Waals surface area contributed by atoms with Crippen molar-refractivity contribution in [2.24, 2.45) is 0 Å². The molecule has 0 spiro atoms. The maximum atomic E-state index is 11.7. The Hall–Kier alpha value is -2.57. The summed E-state index contributed by atoms with van der Waals surface area (Å²) >= 11 is 0. The normalized spacial score (nSPS) is 10.3. The minimum Gasteiger partial charge on any atom is -0.490 e. The van der Waals surface area contributed by atoms with E-state index < -0.39 is 0 Å². The second-order valence-electron chi connectivity index (χ2n) is 5.25. The van der Waals surface area contributed by atoms with Crippen LogP contribution in [0.3, 0.4) is 0 Å². The van der Waals surface area contributed by atoms with Gasteiger partial charge in [0.15, 0.2) is 0 Å². The monoisotopic (exact) mass is 344 g/mol. The summed E-state index contributed by atoms with van der Waals surface area (Å²) < 4.78 is 16.1. The number of benzene rings is 2. The molecule has 2 aromatic carbocycles. The summed E-state index contributed by atoms with van der Waals surface area (Å²) in [6, 6.07) is 16.9. The summed E-state index contributed by atoms with van der Waals surface area (Å²) in [6.45, 7) is 2.38. The molecule has 6 heteroatoms. The number of carbonyl (C=O) groups is 1. The highest BCUT2D eigenvalue weighted by molar-refractivity contribution is 5.92. The van der Waals surface area contributed by atoms with Gasteiger partial charge < -0.3 is 24.8 Å². The minimum atomic E-state index is -0.0963. The van der Waals surface area contributed by atoms with E-state index in [0.717, 1.165) is 17.2 Å². The van der Waals surface area contributed by atoms with Gasteiger partial charge in [0.25, 0.3) is 0 Å². The molecule has 0 saturated heterocycles. The van der Waals surface area contributed by atoms with Crippen molar-refractivity contribution < 1.29 is 19.0 Å². The quantitative estimate of drug-likeness (QED) is 0.612. The smallest absolute Gasteiger partial charge is 0.238 e. The van der Waals surface area contributed by atoms with Crippen LogP contribution >= 0.6 is 0 Å². The molecule has 0 aromatic heterocycles. The first-order valence-electron chi connectivity index (χ1n) is 8.18. The summed E-state index contributed by atoms with van der Waals surface area (Å²) in [4.78, 5) is 11.7. The molecule has 0 aliphatic heterocycles. The predicted octanol–water partition coefficient (Wildman–Crippen LogP) is 2.32. The van der Waals surface area contributed by atoms with Gasteiger partial charge in [0, 0.05) is 19.3 Å². The Bertz CT molecular complexity index is 617. The molecular weight excluding hydrogens is 320 g/mol. The number of hydrogen-bond donors (Lipinski definition) is 2. The van der Waals surface area contributed by atoms with Gasteiger partial charge in [-0.25, -0.2) is 0 Å². The molecule has 2 N–H and O–H groups in total. The topological polar surface area (TPSA) is 68.8 Å². The summed E-state index contributed by atoms with van der Waals surface area (Å²) in [5.74, 6) is 1.46. The average Bonchev–Trinajstić information content (AvgIpc) is 2.65. The van der Waals surface area contributed by atoms with E-state index in [1.165, 1.54) is 0 Å². The van der Waals surface area contributed by atoms with Crippen LogP contribution in [0.2, 0.25) is 0 Å². The number of ether oxygens (including phenoxy) is 3. The summed E-state index contributed by atoms with van der Waals surface area (Å²) in [5.41, 5.74) is 0.728. The van der Waals surface area contributed by atoms with Crippen LogP contribution in [0.4, 0.5) is 5.69 Å². The Morgan fingerprint density at radius 1 is 0.880 bits per heavy atom. The van der Waals surface area contributed by atoms with Crippen molar-refractivity contribution in [2.45, 2.75) is 0 Å². The second-order valence-corrected chi connectivity index (χ2v) is 5.25. The third-order valence-corrected chi connectivity index (χ3v) is 3.27. The van der Waals surface area contributed by atoms with E-state index in [9.17, 15) is 4.79 Å². The molecule has 134 valence electrons. The fourth-order valence-electron chi connectivity index (χ4n) is 2.05. The first kappa shape index (κ1) is 18.8. The first-order chi connectivity index (χ1) is 12.3. The zero-order chi connectivity index (χ0) is 17.7. The van der Waals surface area contributed by atoms with E-state index in [-0.39, 0.29) is 12.5 Å². The third-order valence-electron chi connectivity index (χ3n) is 3.27. The van der Waals surface area contributed by atoms with Crippen molar-refractivity contribution in [3.63, 3.8) is 0 Å². The van der Waals surface area contributed by atoms with Crippen LogP contribution < -0.4 is 20.1 Å². The summed E-state index contributed by atoms with van der Waals surface area (Å²) in [5, 5.41) is 5.80. The van der Waals surface area contributed by atoms with Gasteiger partial charge in [-0.15, -0.1) is 0 Å². The lowest BCUT2D eigenvalue weighted by Gasteiger charge is -2.10. The Labute approximate surface area is 148 Å². The maximum Gasteiger partial charge on any atom is 0.238 e. The molecule has 0 saturated carbocycles. The zero-order valence-corrected chi connectivity index (χ0v) is 14.4. The average molecular weight is 344 g/mol. The highest BCUT2D eigenvalue weighted by Gasteiger charge is 2.02. The Kier molecular flexibility index (Phi) is 8.31. The Balaban J connectivity index is 1.64. The first-order valence-corrected chi connectivity index (χ1v) is 8.18. The molecule has 0 radical (unpaired) electrons. The van der Waals surface area contributed by atoms with Gasteiger partial charge in [-0.05, 0) is 36.4 Å². The van der Waals surface area contributed by atoms with Crippen molar-refractivity contribution in [1.29, 1.82) is 0 Å². The van der Waals surface area contributed by atoms with E-state index in [2.05, 4.69) is 10.6 Å². The number of para-hydroxylation sites is 1. The Morgan fingerprint density at radius 2 is 1.52 bits per heavy atom. The summed E-state index contributed by atoms with van der Waals surface area (Å²) in [6.07, 6.45) is 0. The van der Waals surface area contributed by atoms with Crippen LogP contribution in [0.15, 0.2) is 54.6 Å². The lowest BCUT2D eigenvalue weighted by Crippen LogP contribution is -2.30. The van der Waals surface area contributed by atoms with E-state index in [4.69, 9.17) is 14.2 Å². The van der Waals surface area contributed by atoms with E-state index in [1.807, 2.05) is 42.5 Å². The van der Waals surface area contributed by atoms with Gasteiger partial charge >= 0.3 is 0 Å². The zero-order valence-electron chi connectivity index (χ0n) is 14.4. The molecule has 1 amide bonds. The molecule has 0 aliphatic carbocycles. The molecule has 0 fully saturated rings. The fraction of sp³-hybridized carbons (Fsp3) is 0.316. The number of rotatable bonds is 11. The highest BCUT2D eigenvalue weighted by Crippen LogP contribution is 2.15. The molecule has 25 heavy (non-hydrogen) atoms. The van der Waals surface area contributed by atoms with E-state index >= 15 is 0 Å². The lowest BCUT2D eigenvalue weighted by atomic mass is 10.3. The predicted molar refractivity (Wildman–Crippen MR) is 97.2 cm³/mol. The van der Waals surface area contributed by atoms with Crippen molar-refractivity contribution in [1.82, 2.24) is 5.32 Å². The van der Waals surface area contributed by atoms with Crippen molar-refractivity contribution in [2.75, 3.05) is 45.3 Å². The number of methoxy groups -OCH3 is 1. The van der Waals surface area contributed by atoms with E-state index in [0.29, 0.717) is 26.4 Å². The molecule has 6 nitrogen and oxygen atoms in total. The number of carbonyl (C=O) groups excluding carboxylic acids is 1.